The molecule has 0 spiro atoms. The first-order valence-electron chi connectivity index (χ1n) is 10.7. The molecule has 2 aliphatic heterocycles. The molecule has 160 valence electrons. The van der Waals surface area contributed by atoms with Crippen LogP contribution in [0.1, 0.15) is 35.9 Å². The third-order valence-corrected chi connectivity index (χ3v) is 6.63. The normalized spacial score (nSPS) is 21.2. The van der Waals surface area contributed by atoms with Gasteiger partial charge in [-0.15, -0.1) is 0 Å². The molecule has 1 aliphatic carbocycles. The average molecular weight is 445 g/mol. The van der Waals surface area contributed by atoms with Crippen LogP contribution in [0.2, 0.25) is 5.02 Å². The molecule has 0 unspecified atom stereocenters. The minimum atomic E-state index is -0.283. The third-order valence-electron chi connectivity index (χ3n) is 6.38. The Morgan fingerprint density at radius 2 is 1.59 bits per heavy atom. The quantitative estimate of drug-likeness (QED) is 0.504. The van der Waals surface area contributed by atoms with Gasteiger partial charge in [0.15, 0.2) is 17.3 Å². The summed E-state index contributed by atoms with van der Waals surface area (Å²) in [7, 11) is 0. The molecule has 5 nitrogen and oxygen atoms in total. The molecule has 3 aromatic rings. The number of allylic oxidation sites excluding steroid dienone is 1. The fraction of sp³-hybridized carbons (Fsp3) is 0.192. The van der Waals surface area contributed by atoms with E-state index in [4.69, 9.17) is 21.1 Å². The highest BCUT2D eigenvalue weighted by Crippen LogP contribution is 2.45. The molecule has 32 heavy (non-hydrogen) atoms. The minimum Gasteiger partial charge on any atom is -0.454 e. The molecule has 0 saturated carbocycles. The molecule has 6 rings (SSSR count). The first-order chi connectivity index (χ1) is 15.7. The highest BCUT2D eigenvalue weighted by molar-refractivity contribution is 6.30. The summed E-state index contributed by atoms with van der Waals surface area (Å²) in [5, 5.41) is 7.87. The number of hydrogen-bond donors (Lipinski definition) is 2. The summed E-state index contributed by atoms with van der Waals surface area (Å²) >= 11 is 6.08. The number of carbonyl (C=O) groups excluding carboxylic acids is 1. The van der Waals surface area contributed by atoms with E-state index >= 15 is 0 Å². The molecule has 3 aromatic carbocycles. The van der Waals surface area contributed by atoms with Gasteiger partial charge in [-0.25, -0.2) is 0 Å². The van der Waals surface area contributed by atoms with Gasteiger partial charge in [-0.2, -0.15) is 0 Å². The van der Waals surface area contributed by atoms with Crippen molar-refractivity contribution in [3.8, 4) is 11.5 Å². The van der Waals surface area contributed by atoms with Crippen molar-refractivity contribution < 1.29 is 14.3 Å². The second-order valence-electron chi connectivity index (χ2n) is 8.33. The Labute approximate surface area is 191 Å². The zero-order chi connectivity index (χ0) is 21.7. The molecular formula is C26H21ClN2O3. The SMILES string of the molecule is O=C1C[C@@H](c2ccc(Cl)cc2)CC2=C1[C@H](c1ccc3c(c1)OCO3)Nc1ccccc1N2. The molecule has 0 fully saturated rings. The van der Waals surface area contributed by atoms with Crippen LogP contribution >= 0.6 is 11.6 Å². The lowest BCUT2D eigenvalue weighted by Gasteiger charge is -2.30. The highest BCUT2D eigenvalue weighted by Gasteiger charge is 2.36. The van der Waals surface area contributed by atoms with Crippen LogP contribution < -0.4 is 20.1 Å². The van der Waals surface area contributed by atoms with E-state index in [-0.39, 0.29) is 24.5 Å². The molecule has 0 aromatic heterocycles. The maximum atomic E-state index is 13.6. The average Bonchev–Trinajstić information content (AvgIpc) is 3.20. The van der Waals surface area contributed by atoms with E-state index in [0.717, 1.165) is 45.9 Å². The van der Waals surface area contributed by atoms with Crippen molar-refractivity contribution in [2.75, 3.05) is 17.4 Å². The van der Waals surface area contributed by atoms with E-state index in [2.05, 4.69) is 10.6 Å². The van der Waals surface area contributed by atoms with Crippen LogP contribution in [0.4, 0.5) is 11.4 Å². The lowest BCUT2D eigenvalue weighted by molar-refractivity contribution is -0.116. The van der Waals surface area contributed by atoms with Gasteiger partial charge in [0.05, 0.1) is 17.4 Å². The highest BCUT2D eigenvalue weighted by atomic mass is 35.5. The Hall–Kier alpha value is -3.44. The van der Waals surface area contributed by atoms with Crippen LogP contribution in [0.3, 0.4) is 0 Å². The van der Waals surface area contributed by atoms with Crippen molar-refractivity contribution in [1.82, 2.24) is 0 Å². The standard InChI is InChI=1S/C26H21ClN2O3/c27-18-8-5-15(6-9-18)17-11-21-25(22(30)12-17)26(29-20-4-2-1-3-19(20)28-21)16-7-10-23-24(13-16)32-14-31-23/h1-10,13,17,26,28-29H,11-12,14H2/t17-,26-/m0/s1. The Morgan fingerprint density at radius 1 is 0.844 bits per heavy atom. The van der Waals surface area contributed by atoms with Crippen LogP contribution in [0.25, 0.3) is 0 Å². The first kappa shape index (κ1) is 19.3. The van der Waals surface area contributed by atoms with Crippen molar-refractivity contribution in [2.24, 2.45) is 0 Å². The topological polar surface area (TPSA) is 59.6 Å². The fourth-order valence-corrected chi connectivity index (χ4v) is 4.93. The molecule has 0 bridgehead atoms. The maximum Gasteiger partial charge on any atom is 0.231 e. The van der Waals surface area contributed by atoms with E-state index < -0.39 is 0 Å². The predicted octanol–water partition coefficient (Wildman–Crippen LogP) is 6.05. The van der Waals surface area contributed by atoms with Gasteiger partial charge in [-0.1, -0.05) is 41.9 Å². The predicted molar refractivity (Wildman–Crippen MR) is 124 cm³/mol. The van der Waals surface area contributed by atoms with Gasteiger partial charge in [0, 0.05) is 22.7 Å². The Balaban J connectivity index is 1.45. The van der Waals surface area contributed by atoms with Crippen LogP contribution in [-0.2, 0) is 4.79 Å². The van der Waals surface area contributed by atoms with Gasteiger partial charge in [0.1, 0.15) is 0 Å². The molecule has 0 amide bonds. The summed E-state index contributed by atoms with van der Waals surface area (Å²) in [6.45, 7) is 0.219. The molecule has 2 heterocycles. The zero-order valence-corrected chi connectivity index (χ0v) is 18.0. The number of anilines is 2. The number of carbonyl (C=O) groups is 1. The van der Waals surface area contributed by atoms with Crippen molar-refractivity contribution in [3.63, 3.8) is 0 Å². The molecule has 6 heteroatoms. The Morgan fingerprint density at radius 3 is 2.44 bits per heavy atom. The number of ether oxygens (including phenoxy) is 2. The minimum absolute atomic E-state index is 0.105. The molecule has 3 aliphatic rings. The number of Topliss-reactive ketones (excluding diaryl/α,β-unsaturated/α-hetero) is 1. The Kier molecular flexibility index (Phi) is 4.58. The second-order valence-corrected chi connectivity index (χ2v) is 8.77. The lowest BCUT2D eigenvalue weighted by atomic mass is 9.78. The summed E-state index contributed by atoms with van der Waals surface area (Å²) < 4.78 is 11.1. The molecular weight excluding hydrogens is 424 g/mol. The number of para-hydroxylation sites is 2. The number of hydrogen-bond acceptors (Lipinski definition) is 5. The third kappa shape index (κ3) is 3.30. The van der Waals surface area contributed by atoms with Crippen molar-refractivity contribution >= 4 is 28.8 Å². The zero-order valence-electron chi connectivity index (χ0n) is 17.2. The van der Waals surface area contributed by atoms with Gasteiger partial charge < -0.3 is 20.1 Å². The van der Waals surface area contributed by atoms with Crippen LogP contribution in [0.15, 0.2) is 78.0 Å². The van der Waals surface area contributed by atoms with Crippen LogP contribution in [0.5, 0.6) is 11.5 Å². The number of ketones is 1. The first-order valence-corrected chi connectivity index (χ1v) is 11.1. The van der Waals surface area contributed by atoms with Crippen LogP contribution in [0, 0.1) is 0 Å². The monoisotopic (exact) mass is 444 g/mol. The van der Waals surface area contributed by atoms with Crippen LogP contribution in [-0.4, -0.2) is 12.6 Å². The molecule has 2 atom stereocenters. The van der Waals surface area contributed by atoms with Crippen molar-refractivity contribution in [3.05, 3.63) is 94.1 Å². The fourth-order valence-electron chi connectivity index (χ4n) is 4.81. The number of nitrogens with one attached hydrogen (secondary N) is 2. The number of fused-ring (bicyclic) bond motifs is 2. The van der Waals surface area contributed by atoms with Gasteiger partial charge in [0.25, 0.3) is 0 Å². The molecule has 0 saturated heterocycles. The van der Waals surface area contributed by atoms with Gasteiger partial charge in [-0.05, 0) is 59.9 Å². The maximum absolute atomic E-state index is 13.6. The number of benzene rings is 3. The van der Waals surface area contributed by atoms with Crippen molar-refractivity contribution in [2.45, 2.75) is 24.8 Å². The van der Waals surface area contributed by atoms with Gasteiger partial charge >= 0.3 is 0 Å². The Bertz CT molecular complexity index is 1250. The van der Waals surface area contributed by atoms with E-state index in [1.165, 1.54) is 0 Å². The molecule has 0 radical (unpaired) electrons. The molecule has 2 N–H and O–H groups in total. The summed E-state index contributed by atoms with van der Waals surface area (Å²) in [5.74, 6) is 1.68. The second kappa shape index (κ2) is 7.61. The van der Waals surface area contributed by atoms with E-state index in [1.54, 1.807) is 0 Å². The largest absolute Gasteiger partial charge is 0.454 e. The lowest BCUT2D eigenvalue weighted by Crippen LogP contribution is -2.26. The van der Waals surface area contributed by atoms with Gasteiger partial charge in [0.2, 0.25) is 6.79 Å². The van der Waals surface area contributed by atoms with Gasteiger partial charge in [-0.3, -0.25) is 4.79 Å². The summed E-state index contributed by atoms with van der Waals surface area (Å²) in [4.78, 5) is 13.6. The number of rotatable bonds is 2. The summed E-state index contributed by atoms with van der Waals surface area (Å²) in [6.07, 6.45) is 1.21. The summed E-state index contributed by atoms with van der Waals surface area (Å²) in [5.41, 5.74) is 5.76. The smallest absolute Gasteiger partial charge is 0.231 e. The van der Waals surface area contributed by atoms with E-state index in [0.29, 0.717) is 17.2 Å². The number of halogens is 1. The van der Waals surface area contributed by atoms with E-state index in [1.807, 2.05) is 66.7 Å². The summed E-state index contributed by atoms with van der Waals surface area (Å²) in [6, 6.07) is 21.5. The van der Waals surface area contributed by atoms with E-state index in [9.17, 15) is 4.79 Å². The van der Waals surface area contributed by atoms with Crippen molar-refractivity contribution in [1.29, 1.82) is 0 Å².